The van der Waals surface area contributed by atoms with E-state index in [0.717, 1.165) is 0 Å². The fraction of sp³-hybridized carbons (Fsp3) is 0.455. The van der Waals surface area contributed by atoms with Crippen LogP contribution >= 0.6 is 11.6 Å². The van der Waals surface area contributed by atoms with Crippen molar-refractivity contribution in [3.05, 3.63) is 30.1 Å². The first-order valence-corrected chi connectivity index (χ1v) is 5.24. The minimum Gasteiger partial charge on any atom is -0.346 e. The van der Waals surface area contributed by atoms with Crippen LogP contribution < -0.4 is 5.32 Å². The lowest BCUT2D eigenvalue weighted by Gasteiger charge is -2.28. The number of alkyl halides is 1. The predicted molar refractivity (Wildman–Crippen MR) is 61.1 cm³/mol. The average molecular weight is 227 g/mol. The van der Waals surface area contributed by atoms with Crippen molar-refractivity contribution < 1.29 is 4.79 Å². The lowest BCUT2D eigenvalue weighted by atomic mass is 10.0. The molecular formula is C11H15ClN2O. The number of carbonyl (C=O) groups is 1. The lowest BCUT2D eigenvalue weighted by molar-refractivity contribution is 0.0912. The Morgan fingerprint density at radius 2 is 2.00 bits per heavy atom. The molecule has 1 aromatic rings. The van der Waals surface area contributed by atoms with Gasteiger partial charge in [0.15, 0.2) is 0 Å². The van der Waals surface area contributed by atoms with Crippen LogP contribution in [0.1, 0.15) is 31.1 Å². The SMILES string of the molecule is CC(Cl)C(C)(C)NC(=O)c1ccncc1. The first-order valence-electron chi connectivity index (χ1n) is 4.80. The summed E-state index contributed by atoms with van der Waals surface area (Å²) in [6.07, 6.45) is 3.18. The number of nitrogens with one attached hydrogen (secondary N) is 1. The Morgan fingerprint density at radius 3 is 2.47 bits per heavy atom. The average Bonchev–Trinajstić information content (AvgIpc) is 2.18. The van der Waals surface area contributed by atoms with Gasteiger partial charge in [-0.1, -0.05) is 0 Å². The van der Waals surface area contributed by atoms with Crippen molar-refractivity contribution in [2.45, 2.75) is 31.7 Å². The van der Waals surface area contributed by atoms with Gasteiger partial charge < -0.3 is 5.32 Å². The van der Waals surface area contributed by atoms with E-state index in [1.807, 2.05) is 20.8 Å². The second kappa shape index (κ2) is 4.62. The topological polar surface area (TPSA) is 42.0 Å². The van der Waals surface area contributed by atoms with Crippen molar-refractivity contribution in [1.82, 2.24) is 10.3 Å². The summed E-state index contributed by atoms with van der Waals surface area (Å²) >= 11 is 5.97. The van der Waals surface area contributed by atoms with Gasteiger partial charge in [0.05, 0.1) is 10.9 Å². The number of nitrogens with zero attached hydrogens (tertiary/aromatic N) is 1. The van der Waals surface area contributed by atoms with E-state index in [0.29, 0.717) is 5.56 Å². The van der Waals surface area contributed by atoms with E-state index in [1.165, 1.54) is 0 Å². The van der Waals surface area contributed by atoms with Crippen LogP contribution in [-0.2, 0) is 0 Å². The van der Waals surface area contributed by atoms with E-state index >= 15 is 0 Å². The van der Waals surface area contributed by atoms with Gasteiger partial charge >= 0.3 is 0 Å². The van der Waals surface area contributed by atoms with Crippen LogP contribution in [0.5, 0.6) is 0 Å². The molecule has 1 heterocycles. The Bertz CT molecular complexity index is 336. The maximum Gasteiger partial charge on any atom is 0.251 e. The van der Waals surface area contributed by atoms with Crippen molar-refractivity contribution in [2.75, 3.05) is 0 Å². The monoisotopic (exact) mass is 226 g/mol. The Balaban J connectivity index is 2.73. The predicted octanol–water partition coefficient (Wildman–Crippen LogP) is 2.22. The van der Waals surface area contributed by atoms with E-state index in [-0.39, 0.29) is 11.3 Å². The highest BCUT2D eigenvalue weighted by molar-refractivity contribution is 6.21. The number of pyridine rings is 1. The van der Waals surface area contributed by atoms with E-state index < -0.39 is 5.54 Å². The Morgan fingerprint density at radius 1 is 1.47 bits per heavy atom. The molecule has 0 saturated heterocycles. The zero-order valence-electron chi connectivity index (χ0n) is 9.12. The maximum absolute atomic E-state index is 11.8. The van der Waals surface area contributed by atoms with Crippen LogP contribution in [0, 0.1) is 0 Å². The summed E-state index contributed by atoms with van der Waals surface area (Å²) in [6, 6.07) is 3.34. The second-order valence-electron chi connectivity index (χ2n) is 4.03. The molecule has 1 N–H and O–H groups in total. The quantitative estimate of drug-likeness (QED) is 0.803. The number of aromatic nitrogens is 1. The highest BCUT2D eigenvalue weighted by Gasteiger charge is 2.26. The van der Waals surface area contributed by atoms with Crippen LogP contribution in [-0.4, -0.2) is 21.8 Å². The van der Waals surface area contributed by atoms with E-state index in [9.17, 15) is 4.79 Å². The fourth-order valence-corrected chi connectivity index (χ4v) is 1.02. The van der Waals surface area contributed by atoms with Crippen molar-refractivity contribution in [3.8, 4) is 0 Å². The van der Waals surface area contributed by atoms with Crippen LogP contribution in [0.25, 0.3) is 0 Å². The summed E-state index contributed by atoms with van der Waals surface area (Å²) in [4.78, 5) is 15.6. The van der Waals surface area contributed by atoms with Crippen LogP contribution in [0.4, 0.5) is 0 Å². The largest absolute Gasteiger partial charge is 0.346 e. The molecule has 3 nitrogen and oxygen atoms in total. The maximum atomic E-state index is 11.8. The highest BCUT2D eigenvalue weighted by Crippen LogP contribution is 2.15. The van der Waals surface area contributed by atoms with Gasteiger partial charge in [-0.3, -0.25) is 9.78 Å². The molecule has 1 amide bonds. The molecule has 0 aliphatic heterocycles. The molecular weight excluding hydrogens is 212 g/mol. The van der Waals surface area contributed by atoms with E-state index in [4.69, 9.17) is 11.6 Å². The molecule has 82 valence electrons. The molecule has 0 aliphatic rings. The van der Waals surface area contributed by atoms with Gasteiger partial charge in [-0.25, -0.2) is 0 Å². The number of rotatable bonds is 3. The number of amides is 1. The summed E-state index contributed by atoms with van der Waals surface area (Å²) in [5, 5.41) is 2.74. The zero-order chi connectivity index (χ0) is 11.5. The third kappa shape index (κ3) is 3.20. The standard InChI is InChI=1S/C11H15ClN2O/c1-8(12)11(2,3)14-10(15)9-4-6-13-7-5-9/h4-8H,1-3H3,(H,14,15). The smallest absolute Gasteiger partial charge is 0.251 e. The number of hydrogen-bond donors (Lipinski definition) is 1. The molecule has 1 unspecified atom stereocenters. The van der Waals surface area contributed by atoms with Gasteiger partial charge in [-0.15, -0.1) is 11.6 Å². The Labute approximate surface area is 94.9 Å². The van der Waals surface area contributed by atoms with Crippen molar-refractivity contribution in [2.24, 2.45) is 0 Å². The van der Waals surface area contributed by atoms with Gasteiger partial charge in [0.1, 0.15) is 0 Å². The molecule has 4 heteroatoms. The first-order chi connectivity index (χ1) is 6.93. The van der Waals surface area contributed by atoms with Gasteiger partial charge in [0, 0.05) is 18.0 Å². The molecule has 1 aromatic heterocycles. The van der Waals surface area contributed by atoms with Gasteiger partial charge in [0.25, 0.3) is 5.91 Å². The van der Waals surface area contributed by atoms with Gasteiger partial charge in [-0.2, -0.15) is 0 Å². The minimum atomic E-state index is -0.429. The Hall–Kier alpha value is -1.09. The third-order valence-corrected chi connectivity index (χ3v) is 2.92. The third-order valence-electron chi connectivity index (χ3n) is 2.37. The summed E-state index contributed by atoms with van der Waals surface area (Å²) in [5.41, 5.74) is 0.164. The minimum absolute atomic E-state index is 0.130. The first kappa shape index (κ1) is 12.0. The van der Waals surface area contributed by atoms with Gasteiger partial charge in [-0.05, 0) is 32.9 Å². The van der Waals surface area contributed by atoms with Gasteiger partial charge in [0.2, 0.25) is 0 Å². The Kier molecular flexibility index (Phi) is 3.69. The highest BCUT2D eigenvalue weighted by atomic mass is 35.5. The molecule has 1 rings (SSSR count). The molecule has 0 aliphatic carbocycles. The fourth-order valence-electron chi connectivity index (χ4n) is 0.968. The van der Waals surface area contributed by atoms with E-state index in [2.05, 4.69) is 10.3 Å². The van der Waals surface area contributed by atoms with Crippen LogP contribution in [0.15, 0.2) is 24.5 Å². The van der Waals surface area contributed by atoms with E-state index in [1.54, 1.807) is 24.5 Å². The summed E-state index contributed by atoms with van der Waals surface area (Å²) in [5.74, 6) is -0.130. The molecule has 0 saturated carbocycles. The number of halogens is 1. The summed E-state index contributed by atoms with van der Waals surface area (Å²) < 4.78 is 0. The van der Waals surface area contributed by atoms with Crippen molar-refractivity contribution in [1.29, 1.82) is 0 Å². The molecule has 15 heavy (non-hydrogen) atoms. The second-order valence-corrected chi connectivity index (χ2v) is 4.68. The van der Waals surface area contributed by atoms with Crippen molar-refractivity contribution in [3.63, 3.8) is 0 Å². The van der Waals surface area contributed by atoms with Crippen molar-refractivity contribution >= 4 is 17.5 Å². The normalized spacial score (nSPS) is 13.3. The zero-order valence-corrected chi connectivity index (χ0v) is 9.88. The van der Waals surface area contributed by atoms with Crippen LogP contribution in [0.2, 0.25) is 0 Å². The molecule has 0 bridgehead atoms. The number of hydrogen-bond acceptors (Lipinski definition) is 2. The number of carbonyl (C=O) groups excluding carboxylic acids is 1. The molecule has 0 fully saturated rings. The molecule has 1 atom stereocenters. The molecule has 0 aromatic carbocycles. The van der Waals surface area contributed by atoms with Crippen LogP contribution in [0.3, 0.4) is 0 Å². The lowest BCUT2D eigenvalue weighted by Crippen LogP contribution is -2.49. The molecule has 0 spiro atoms. The summed E-state index contributed by atoms with van der Waals surface area (Å²) in [7, 11) is 0. The molecule has 0 radical (unpaired) electrons. The summed E-state index contributed by atoms with van der Waals surface area (Å²) in [6.45, 7) is 5.64.